The number of carbonyl (C=O) groups is 1. The molecule has 3 rings (SSSR count). The molecular formula is C21H16F3NOS. The van der Waals surface area contributed by atoms with Crippen LogP contribution >= 0.6 is 11.8 Å². The van der Waals surface area contributed by atoms with Gasteiger partial charge in [-0.05, 0) is 29.8 Å². The molecule has 1 amide bonds. The Labute approximate surface area is 159 Å². The zero-order valence-corrected chi connectivity index (χ0v) is 14.9. The van der Waals surface area contributed by atoms with Crippen LogP contribution in [-0.2, 0) is 11.0 Å². The Morgan fingerprint density at radius 3 is 2.00 bits per heavy atom. The van der Waals surface area contributed by atoms with Gasteiger partial charge >= 0.3 is 6.18 Å². The Balaban J connectivity index is 1.90. The number of para-hydroxylation sites is 1. The van der Waals surface area contributed by atoms with Crippen LogP contribution in [0.3, 0.4) is 0 Å². The van der Waals surface area contributed by atoms with E-state index in [1.54, 1.807) is 24.3 Å². The molecule has 0 aliphatic heterocycles. The van der Waals surface area contributed by atoms with E-state index in [2.05, 4.69) is 5.32 Å². The fourth-order valence-corrected chi connectivity index (χ4v) is 3.62. The zero-order chi connectivity index (χ0) is 19.3. The summed E-state index contributed by atoms with van der Waals surface area (Å²) in [5.41, 5.74) is -0.396. The molecule has 3 aromatic carbocycles. The van der Waals surface area contributed by atoms with Crippen molar-refractivity contribution < 1.29 is 18.0 Å². The molecule has 3 aromatic rings. The van der Waals surface area contributed by atoms with E-state index in [-0.39, 0.29) is 5.69 Å². The van der Waals surface area contributed by atoms with Crippen LogP contribution in [0.25, 0.3) is 0 Å². The summed E-state index contributed by atoms with van der Waals surface area (Å²) in [6.45, 7) is 0. The van der Waals surface area contributed by atoms with Crippen LogP contribution in [0, 0.1) is 0 Å². The first-order chi connectivity index (χ1) is 12.9. The number of anilines is 1. The second-order valence-corrected chi connectivity index (χ2v) is 6.93. The van der Waals surface area contributed by atoms with E-state index >= 15 is 0 Å². The minimum Gasteiger partial charge on any atom is -0.324 e. The average Bonchev–Trinajstić information content (AvgIpc) is 2.67. The maximum atomic E-state index is 13.2. The van der Waals surface area contributed by atoms with Crippen LogP contribution in [0.2, 0.25) is 0 Å². The highest BCUT2D eigenvalue weighted by Crippen LogP contribution is 2.38. The molecule has 138 valence electrons. The second kappa shape index (κ2) is 8.31. The van der Waals surface area contributed by atoms with Crippen LogP contribution in [0.5, 0.6) is 0 Å². The van der Waals surface area contributed by atoms with Crippen molar-refractivity contribution in [1.29, 1.82) is 0 Å². The van der Waals surface area contributed by atoms with Gasteiger partial charge in [0.05, 0.1) is 11.3 Å². The van der Waals surface area contributed by atoms with Gasteiger partial charge in [0.15, 0.2) is 0 Å². The minimum absolute atomic E-state index is 0.246. The third-order valence-corrected chi connectivity index (χ3v) is 5.09. The van der Waals surface area contributed by atoms with E-state index in [0.717, 1.165) is 11.0 Å². The Bertz CT molecular complexity index is 898. The van der Waals surface area contributed by atoms with Crippen molar-refractivity contribution in [2.75, 3.05) is 5.32 Å². The molecule has 0 saturated carbocycles. The van der Waals surface area contributed by atoms with Gasteiger partial charge in [-0.3, -0.25) is 4.79 Å². The first kappa shape index (κ1) is 19.0. The van der Waals surface area contributed by atoms with Crippen LogP contribution in [0.15, 0.2) is 89.8 Å². The number of hydrogen-bond donors (Lipinski definition) is 1. The fourth-order valence-electron chi connectivity index (χ4n) is 2.57. The first-order valence-corrected chi connectivity index (χ1v) is 9.07. The van der Waals surface area contributed by atoms with Crippen molar-refractivity contribution in [1.82, 2.24) is 0 Å². The van der Waals surface area contributed by atoms with Crippen molar-refractivity contribution in [3.63, 3.8) is 0 Å². The molecule has 2 nitrogen and oxygen atoms in total. The number of halogens is 3. The summed E-state index contributed by atoms with van der Waals surface area (Å²) in [7, 11) is 0. The molecule has 0 spiro atoms. The standard InChI is InChI=1S/C21H16F3NOS/c22-21(23,24)17-13-7-8-14-18(17)25-20(26)19(15-9-3-1-4-10-15)27-16-11-5-2-6-12-16/h1-14,19H,(H,25,26)/t19-/m0/s1. The van der Waals surface area contributed by atoms with Gasteiger partial charge in [0.1, 0.15) is 5.25 Å². The molecule has 1 atom stereocenters. The normalized spacial score (nSPS) is 12.4. The Morgan fingerprint density at radius 2 is 1.37 bits per heavy atom. The summed E-state index contributed by atoms with van der Waals surface area (Å²) in [5, 5.41) is 1.77. The molecule has 0 fully saturated rings. The van der Waals surface area contributed by atoms with Gasteiger partial charge in [-0.2, -0.15) is 13.2 Å². The quantitative estimate of drug-likeness (QED) is 0.530. The maximum Gasteiger partial charge on any atom is 0.418 e. The van der Waals surface area contributed by atoms with E-state index in [1.807, 2.05) is 36.4 Å². The zero-order valence-electron chi connectivity index (χ0n) is 14.1. The molecule has 0 aliphatic rings. The molecule has 0 saturated heterocycles. The third kappa shape index (κ3) is 4.92. The van der Waals surface area contributed by atoms with Crippen LogP contribution in [-0.4, -0.2) is 5.91 Å². The van der Waals surface area contributed by atoms with Crippen molar-refractivity contribution in [2.24, 2.45) is 0 Å². The van der Waals surface area contributed by atoms with E-state index in [1.165, 1.54) is 30.0 Å². The predicted octanol–water partition coefficient (Wildman–Crippen LogP) is 6.18. The van der Waals surface area contributed by atoms with E-state index in [0.29, 0.717) is 5.56 Å². The SMILES string of the molecule is O=C(Nc1ccccc1C(F)(F)F)[C@@H](Sc1ccccc1)c1ccccc1. The highest BCUT2D eigenvalue weighted by molar-refractivity contribution is 8.00. The fraction of sp³-hybridized carbons (Fsp3) is 0.0952. The van der Waals surface area contributed by atoms with E-state index in [4.69, 9.17) is 0 Å². The third-order valence-electron chi connectivity index (χ3n) is 3.83. The lowest BCUT2D eigenvalue weighted by molar-refractivity contribution is -0.137. The van der Waals surface area contributed by atoms with Gasteiger partial charge in [-0.25, -0.2) is 0 Å². The number of nitrogens with one attached hydrogen (secondary N) is 1. The van der Waals surface area contributed by atoms with E-state index < -0.39 is 22.9 Å². The van der Waals surface area contributed by atoms with Gasteiger partial charge < -0.3 is 5.32 Å². The number of amides is 1. The lowest BCUT2D eigenvalue weighted by Gasteiger charge is -2.19. The Morgan fingerprint density at radius 1 is 0.815 bits per heavy atom. The predicted molar refractivity (Wildman–Crippen MR) is 102 cm³/mol. The summed E-state index contributed by atoms with van der Waals surface area (Å²) in [4.78, 5) is 13.7. The average molecular weight is 387 g/mol. The maximum absolute atomic E-state index is 13.2. The van der Waals surface area contributed by atoms with Crippen LogP contribution < -0.4 is 5.32 Å². The van der Waals surface area contributed by atoms with Crippen molar-refractivity contribution in [3.05, 3.63) is 96.1 Å². The van der Waals surface area contributed by atoms with Crippen molar-refractivity contribution in [2.45, 2.75) is 16.3 Å². The van der Waals surface area contributed by atoms with E-state index in [9.17, 15) is 18.0 Å². The molecule has 0 radical (unpaired) electrons. The summed E-state index contributed by atoms with van der Waals surface area (Å²) in [5.74, 6) is -0.508. The number of benzene rings is 3. The monoisotopic (exact) mass is 387 g/mol. The summed E-state index contributed by atoms with van der Waals surface area (Å²) < 4.78 is 39.6. The van der Waals surface area contributed by atoms with Crippen molar-refractivity contribution in [3.8, 4) is 0 Å². The molecule has 0 unspecified atom stereocenters. The Hall–Kier alpha value is -2.73. The molecule has 0 heterocycles. The molecular weight excluding hydrogens is 371 g/mol. The number of rotatable bonds is 5. The molecule has 0 aliphatic carbocycles. The Kier molecular flexibility index (Phi) is 5.86. The number of alkyl halides is 3. The van der Waals surface area contributed by atoms with Gasteiger partial charge in [-0.1, -0.05) is 60.7 Å². The molecule has 6 heteroatoms. The highest BCUT2D eigenvalue weighted by atomic mass is 32.2. The summed E-state index contributed by atoms with van der Waals surface area (Å²) in [6, 6.07) is 23.2. The van der Waals surface area contributed by atoms with Crippen LogP contribution in [0.4, 0.5) is 18.9 Å². The summed E-state index contributed by atoms with van der Waals surface area (Å²) >= 11 is 1.29. The highest BCUT2D eigenvalue weighted by Gasteiger charge is 2.34. The minimum atomic E-state index is -4.54. The van der Waals surface area contributed by atoms with Crippen molar-refractivity contribution >= 4 is 23.4 Å². The smallest absolute Gasteiger partial charge is 0.324 e. The second-order valence-electron chi connectivity index (χ2n) is 5.75. The van der Waals surface area contributed by atoms with Crippen LogP contribution in [0.1, 0.15) is 16.4 Å². The molecule has 27 heavy (non-hydrogen) atoms. The first-order valence-electron chi connectivity index (χ1n) is 8.19. The number of carbonyl (C=O) groups excluding carboxylic acids is 1. The number of hydrogen-bond acceptors (Lipinski definition) is 2. The van der Waals surface area contributed by atoms with Gasteiger partial charge in [0.2, 0.25) is 5.91 Å². The topological polar surface area (TPSA) is 29.1 Å². The molecule has 0 aromatic heterocycles. The summed E-state index contributed by atoms with van der Waals surface area (Å²) in [6.07, 6.45) is -4.54. The molecule has 0 bridgehead atoms. The van der Waals surface area contributed by atoms with Gasteiger partial charge in [-0.15, -0.1) is 11.8 Å². The largest absolute Gasteiger partial charge is 0.418 e. The van der Waals surface area contributed by atoms with Gasteiger partial charge in [0, 0.05) is 4.90 Å². The lowest BCUT2D eigenvalue weighted by atomic mass is 10.1. The van der Waals surface area contributed by atoms with Gasteiger partial charge in [0.25, 0.3) is 0 Å². The lowest BCUT2D eigenvalue weighted by Crippen LogP contribution is -2.21. The molecule has 1 N–H and O–H groups in total. The number of thioether (sulfide) groups is 1.